The number of esters is 2. The van der Waals surface area contributed by atoms with Crippen LogP contribution in [0, 0.1) is 17.1 Å². The first kappa shape index (κ1) is 24.1. The zero-order valence-electron chi connectivity index (χ0n) is 18.6. The summed E-state index contributed by atoms with van der Waals surface area (Å²) >= 11 is 0. The number of nitrogens with two attached hydrogens (primary N) is 1. The van der Waals surface area contributed by atoms with Crippen LogP contribution in [0.15, 0.2) is 30.6 Å². The zero-order valence-corrected chi connectivity index (χ0v) is 18.6. The number of nitrogens with zero attached hydrogens (tertiary/aromatic N) is 3. The van der Waals surface area contributed by atoms with Gasteiger partial charge in [0.15, 0.2) is 0 Å². The van der Waals surface area contributed by atoms with Gasteiger partial charge in [-0.1, -0.05) is 18.2 Å². The molecule has 9 nitrogen and oxygen atoms in total. The van der Waals surface area contributed by atoms with Gasteiger partial charge in [0.2, 0.25) is 5.95 Å². The van der Waals surface area contributed by atoms with E-state index in [1.54, 1.807) is 31.5 Å². The molecule has 0 atom stereocenters. The smallest absolute Gasteiger partial charge is 0.313 e. The number of halogens is 1. The first-order valence-electron chi connectivity index (χ1n) is 10.9. The summed E-state index contributed by atoms with van der Waals surface area (Å²) in [4.78, 5) is 34.1. The predicted octanol–water partition coefficient (Wildman–Crippen LogP) is 2.82. The lowest BCUT2D eigenvalue weighted by atomic mass is 9.94. The van der Waals surface area contributed by atoms with Crippen LogP contribution in [0.3, 0.4) is 0 Å². The number of carbonyl (C=O) groups is 2. The van der Waals surface area contributed by atoms with E-state index in [4.69, 9.17) is 20.6 Å². The minimum atomic E-state index is -0.689. The summed E-state index contributed by atoms with van der Waals surface area (Å²) in [5, 5.41) is 7.11. The third-order valence-electron chi connectivity index (χ3n) is 5.41. The second-order valence-corrected chi connectivity index (χ2v) is 7.85. The van der Waals surface area contributed by atoms with Gasteiger partial charge in [0.1, 0.15) is 24.7 Å². The van der Waals surface area contributed by atoms with Crippen molar-refractivity contribution in [1.29, 1.82) is 5.41 Å². The van der Waals surface area contributed by atoms with Gasteiger partial charge in [0.05, 0.1) is 6.61 Å². The Morgan fingerprint density at radius 1 is 1.18 bits per heavy atom. The summed E-state index contributed by atoms with van der Waals surface area (Å²) in [7, 11) is 0. The molecule has 0 saturated carbocycles. The number of piperidine rings is 1. The average molecular weight is 458 g/mol. The van der Waals surface area contributed by atoms with Crippen LogP contribution in [-0.4, -0.2) is 47.4 Å². The lowest BCUT2D eigenvalue weighted by molar-refractivity contribution is -0.145. The van der Waals surface area contributed by atoms with Crippen LogP contribution >= 0.6 is 0 Å². The summed E-state index contributed by atoms with van der Waals surface area (Å²) < 4.78 is 25.0. The monoisotopic (exact) mass is 457 g/mol. The maximum absolute atomic E-state index is 15.0. The summed E-state index contributed by atoms with van der Waals surface area (Å²) in [6.07, 6.45) is 4.93. The Morgan fingerprint density at radius 3 is 2.52 bits per heavy atom. The predicted molar refractivity (Wildman–Crippen MR) is 120 cm³/mol. The Labute approximate surface area is 191 Å². The van der Waals surface area contributed by atoms with Crippen molar-refractivity contribution in [2.75, 3.05) is 24.6 Å². The molecule has 3 N–H and O–H groups in total. The van der Waals surface area contributed by atoms with Crippen molar-refractivity contribution < 1.29 is 23.5 Å². The van der Waals surface area contributed by atoms with Gasteiger partial charge < -0.3 is 20.1 Å². The molecule has 33 heavy (non-hydrogen) atoms. The molecule has 1 fully saturated rings. The Morgan fingerprint density at radius 2 is 1.88 bits per heavy atom. The van der Waals surface area contributed by atoms with E-state index in [1.165, 1.54) is 6.07 Å². The Kier molecular flexibility index (Phi) is 8.28. The van der Waals surface area contributed by atoms with Crippen molar-refractivity contribution in [1.82, 2.24) is 9.97 Å². The van der Waals surface area contributed by atoms with E-state index in [0.717, 1.165) is 25.9 Å². The largest absolute Gasteiger partial charge is 0.466 e. The third-order valence-corrected chi connectivity index (χ3v) is 5.41. The van der Waals surface area contributed by atoms with Gasteiger partial charge in [0, 0.05) is 48.6 Å². The van der Waals surface area contributed by atoms with Crippen molar-refractivity contribution in [2.45, 2.75) is 39.2 Å². The average Bonchev–Trinajstić information content (AvgIpc) is 2.79. The molecule has 3 rings (SSSR count). The molecular formula is C23H28FN5O4. The molecule has 0 aliphatic carbocycles. The van der Waals surface area contributed by atoms with Gasteiger partial charge in [-0.05, 0) is 25.7 Å². The fraction of sp³-hybridized carbons (Fsp3) is 0.435. The molecule has 0 amide bonds. The Bertz CT molecular complexity index is 991. The minimum absolute atomic E-state index is 0.158. The molecule has 1 aromatic heterocycles. The molecule has 176 valence electrons. The van der Waals surface area contributed by atoms with E-state index in [1.807, 2.05) is 4.90 Å². The molecule has 2 heterocycles. The fourth-order valence-electron chi connectivity index (χ4n) is 3.70. The molecule has 1 aliphatic heterocycles. The number of amidine groups is 1. The second kappa shape index (κ2) is 11.3. The number of ether oxygens (including phenoxy) is 2. The van der Waals surface area contributed by atoms with Crippen LogP contribution < -0.4 is 10.6 Å². The van der Waals surface area contributed by atoms with Crippen molar-refractivity contribution in [2.24, 2.45) is 11.7 Å². The van der Waals surface area contributed by atoms with Crippen LogP contribution in [0.25, 0.3) is 11.1 Å². The highest BCUT2D eigenvalue weighted by Gasteiger charge is 2.23. The Hall–Kier alpha value is -3.56. The molecule has 2 aromatic rings. The maximum Gasteiger partial charge on any atom is 0.313 e. The zero-order chi connectivity index (χ0) is 23.8. The van der Waals surface area contributed by atoms with Crippen molar-refractivity contribution >= 4 is 23.7 Å². The number of nitrogens with one attached hydrogen (secondary N) is 1. The molecule has 1 aromatic carbocycles. The first-order valence-corrected chi connectivity index (χ1v) is 10.9. The number of carbonyl (C=O) groups excluding carboxylic acids is 2. The van der Waals surface area contributed by atoms with Gasteiger partial charge in [-0.2, -0.15) is 0 Å². The van der Waals surface area contributed by atoms with E-state index >= 15 is 0 Å². The van der Waals surface area contributed by atoms with Gasteiger partial charge in [-0.25, -0.2) is 14.4 Å². The molecule has 10 heteroatoms. The van der Waals surface area contributed by atoms with E-state index in [2.05, 4.69) is 9.97 Å². The van der Waals surface area contributed by atoms with Crippen molar-refractivity contribution in [3.05, 3.63) is 42.0 Å². The normalized spacial score (nSPS) is 14.1. The number of rotatable bonds is 9. The van der Waals surface area contributed by atoms with Crippen LogP contribution in [-0.2, 0) is 25.7 Å². The lowest BCUT2D eigenvalue weighted by Gasteiger charge is -2.31. The summed E-state index contributed by atoms with van der Waals surface area (Å²) in [6.45, 7) is 3.41. The Balaban J connectivity index is 1.61. The summed E-state index contributed by atoms with van der Waals surface area (Å²) in [5.74, 6) is -0.830. The highest BCUT2D eigenvalue weighted by atomic mass is 19.1. The van der Waals surface area contributed by atoms with Crippen molar-refractivity contribution in [3.63, 3.8) is 0 Å². The van der Waals surface area contributed by atoms with Crippen LogP contribution in [0.1, 0.15) is 38.2 Å². The molecule has 0 spiro atoms. The molecule has 1 aliphatic rings. The number of hydrogen-bond acceptors (Lipinski definition) is 8. The number of anilines is 1. The third kappa shape index (κ3) is 6.71. The highest BCUT2D eigenvalue weighted by Crippen LogP contribution is 2.27. The van der Waals surface area contributed by atoms with Crippen molar-refractivity contribution in [3.8, 4) is 11.1 Å². The lowest BCUT2D eigenvalue weighted by Crippen LogP contribution is -2.35. The van der Waals surface area contributed by atoms with Crippen LogP contribution in [0.5, 0.6) is 0 Å². The first-order chi connectivity index (χ1) is 15.9. The quantitative estimate of drug-likeness (QED) is 0.334. The highest BCUT2D eigenvalue weighted by molar-refractivity contribution is 5.94. The van der Waals surface area contributed by atoms with Gasteiger partial charge in [-0.15, -0.1) is 0 Å². The SMILES string of the molecule is CCOC(=O)CC1CCN(c2ncc(-c3cccc(COC(=O)CC(=N)N)c3F)cn2)CC1. The van der Waals surface area contributed by atoms with Gasteiger partial charge >= 0.3 is 11.9 Å². The second-order valence-electron chi connectivity index (χ2n) is 7.85. The van der Waals surface area contributed by atoms with E-state index < -0.39 is 11.8 Å². The maximum atomic E-state index is 15.0. The number of aromatic nitrogens is 2. The molecule has 0 bridgehead atoms. The number of benzene rings is 1. The van der Waals surface area contributed by atoms with Crippen LogP contribution in [0.2, 0.25) is 0 Å². The topological polar surface area (TPSA) is 131 Å². The molecular weight excluding hydrogens is 429 g/mol. The van der Waals surface area contributed by atoms with Gasteiger partial charge in [0.25, 0.3) is 0 Å². The van der Waals surface area contributed by atoms with E-state index in [0.29, 0.717) is 36.0 Å². The van der Waals surface area contributed by atoms with Gasteiger partial charge in [-0.3, -0.25) is 15.0 Å². The number of hydrogen-bond donors (Lipinski definition) is 2. The molecule has 0 radical (unpaired) electrons. The molecule has 0 unspecified atom stereocenters. The summed E-state index contributed by atoms with van der Waals surface area (Å²) in [5.41, 5.74) is 6.18. The standard InChI is InChI=1S/C23H28FN5O4/c1-2-32-20(30)10-15-6-8-29(9-7-15)23-27-12-17(13-28-23)18-5-3-4-16(22(18)24)14-33-21(31)11-19(25)26/h3-5,12-13,15H,2,6-11,14H2,1H3,(H3,25,26). The van der Waals surface area contributed by atoms with E-state index in [9.17, 15) is 14.0 Å². The fourth-order valence-corrected chi connectivity index (χ4v) is 3.70. The molecule has 1 saturated heterocycles. The van der Waals surface area contributed by atoms with Crippen LogP contribution in [0.4, 0.5) is 10.3 Å². The minimum Gasteiger partial charge on any atom is -0.466 e. The summed E-state index contributed by atoms with van der Waals surface area (Å²) in [6, 6.07) is 4.79. The van der Waals surface area contributed by atoms with E-state index in [-0.39, 0.29) is 30.4 Å².